The SMILES string of the molecule is OC1c2c(C(F)(F)F)cn(-c3cccc(F)n3)c2CCC1(F)F. The van der Waals surface area contributed by atoms with Crippen LogP contribution in [0.1, 0.15) is 29.3 Å². The molecule has 23 heavy (non-hydrogen) atoms. The highest BCUT2D eigenvalue weighted by Crippen LogP contribution is 2.48. The summed E-state index contributed by atoms with van der Waals surface area (Å²) in [6, 6.07) is 3.50. The molecule has 0 fully saturated rings. The molecule has 1 aliphatic carbocycles. The molecule has 1 aliphatic rings. The van der Waals surface area contributed by atoms with E-state index in [0.29, 0.717) is 6.20 Å². The van der Waals surface area contributed by atoms with Crippen LogP contribution in [0.25, 0.3) is 5.82 Å². The lowest BCUT2D eigenvalue weighted by Gasteiger charge is -2.29. The number of aromatic nitrogens is 2. The Hall–Kier alpha value is -2.03. The van der Waals surface area contributed by atoms with Gasteiger partial charge >= 0.3 is 6.18 Å². The normalized spacial score (nSPS) is 20.4. The molecule has 0 aromatic carbocycles. The molecule has 3 rings (SSSR count). The maximum atomic E-state index is 13.6. The highest BCUT2D eigenvalue weighted by Gasteiger charge is 2.50. The zero-order valence-corrected chi connectivity index (χ0v) is 11.4. The van der Waals surface area contributed by atoms with Crippen molar-refractivity contribution in [1.82, 2.24) is 9.55 Å². The van der Waals surface area contributed by atoms with E-state index >= 15 is 0 Å². The van der Waals surface area contributed by atoms with Gasteiger partial charge in [-0.1, -0.05) is 6.07 Å². The fraction of sp³-hybridized carbons (Fsp3) is 0.357. The number of rotatable bonds is 1. The average molecular weight is 336 g/mol. The van der Waals surface area contributed by atoms with E-state index in [0.717, 1.165) is 10.6 Å². The first-order valence-corrected chi connectivity index (χ1v) is 6.61. The summed E-state index contributed by atoms with van der Waals surface area (Å²) in [6.07, 6.45) is -8.14. The lowest BCUT2D eigenvalue weighted by atomic mass is 9.89. The van der Waals surface area contributed by atoms with Gasteiger partial charge in [0.15, 0.2) is 0 Å². The van der Waals surface area contributed by atoms with Crippen LogP contribution < -0.4 is 0 Å². The molecule has 0 bridgehead atoms. The van der Waals surface area contributed by atoms with Gasteiger partial charge in [-0.25, -0.2) is 13.8 Å². The van der Waals surface area contributed by atoms with Gasteiger partial charge in [-0.15, -0.1) is 0 Å². The number of halogens is 6. The third kappa shape index (κ3) is 2.58. The third-order valence-electron chi connectivity index (χ3n) is 3.77. The number of pyridine rings is 1. The largest absolute Gasteiger partial charge is 0.418 e. The maximum Gasteiger partial charge on any atom is 0.418 e. The number of hydrogen-bond acceptors (Lipinski definition) is 2. The van der Waals surface area contributed by atoms with Gasteiger partial charge in [0.25, 0.3) is 5.92 Å². The lowest BCUT2D eigenvalue weighted by molar-refractivity contribution is -0.147. The Balaban J connectivity index is 2.25. The second kappa shape index (κ2) is 4.98. The minimum atomic E-state index is -4.93. The number of aliphatic hydroxyl groups excluding tert-OH is 1. The first-order valence-electron chi connectivity index (χ1n) is 6.61. The lowest BCUT2D eigenvalue weighted by Crippen LogP contribution is -2.33. The van der Waals surface area contributed by atoms with E-state index in [-0.39, 0.29) is 11.5 Å². The summed E-state index contributed by atoms with van der Waals surface area (Å²) in [5, 5.41) is 9.69. The van der Waals surface area contributed by atoms with Crippen LogP contribution in [0, 0.1) is 5.95 Å². The van der Waals surface area contributed by atoms with Crippen LogP contribution in [0.15, 0.2) is 24.4 Å². The molecular weight excluding hydrogens is 326 g/mol. The van der Waals surface area contributed by atoms with Crippen molar-refractivity contribution >= 4 is 0 Å². The molecule has 0 aliphatic heterocycles. The summed E-state index contributed by atoms with van der Waals surface area (Å²) in [5.41, 5.74) is -2.39. The van der Waals surface area contributed by atoms with Crippen molar-refractivity contribution in [3.63, 3.8) is 0 Å². The highest BCUT2D eigenvalue weighted by molar-refractivity contribution is 5.44. The standard InChI is InChI=1S/C14H10F6N2O/c15-9-2-1-3-10(21-9)22-6-7(14(18,19)20)11-8(22)4-5-13(16,17)12(11)23/h1-3,6,12,23H,4-5H2. The zero-order chi connectivity index (χ0) is 17.0. The van der Waals surface area contributed by atoms with Gasteiger partial charge in [0.1, 0.15) is 11.9 Å². The molecule has 124 valence electrons. The van der Waals surface area contributed by atoms with Gasteiger partial charge in [0.2, 0.25) is 5.95 Å². The van der Waals surface area contributed by atoms with E-state index in [1.165, 1.54) is 12.1 Å². The number of fused-ring (bicyclic) bond motifs is 1. The van der Waals surface area contributed by atoms with E-state index < -0.39 is 48.1 Å². The van der Waals surface area contributed by atoms with Crippen molar-refractivity contribution < 1.29 is 31.4 Å². The summed E-state index contributed by atoms with van der Waals surface area (Å²) in [6.45, 7) is 0. The van der Waals surface area contributed by atoms with Crippen molar-refractivity contribution in [2.45, 2.75) is 31.0 Å². The molecule has 0 radical (unpaired) electrons. The first-order chi connectivity index (χ1) is 10.6. The molecular formula is C14H10F6N2O. The van der Waals surface area contributed by atoms with Crippen molar-refractivity contribution in [1.29, 1.82) is 0 Å². The number of nitrogens with zero attached hydrogens (tertiary/aromatic N) is 2. The fourth-order valence-electron chi connectivity index (χ4n) is 2.72. The molecule has 2 aromatic heterocycles. The summed E-state index contributed by atoms with van der Waals surface area (Å²) < 4.78 is 80.8. The van der Waals surface area contributed by atoms with E-state index in [1.54, 1.807) is 0 Å². The monoisotopic (exact) mass is 336 g/mol. The molecule has 2 heterocycles. The highest BCUT2D eigenvalue weighted by atomic mass is 19.4. The maximum absolute atomic E-state index is 13.6. The van der Waals surface area contributed by atoms with Crippen LogP contribution in [-0.4, -0.2) is 20.6 Å². The van der Waals surface area contributed by atoms with E-state index in [4.69, 9.17) is 0 Å². The number of hydrogen-bond donors (Lipinski definition) is 1. The van der Waals surface area contributed by atoms with Crippen LogP contribution in [0.2, 0.25) is 0 Å². The number of alkyl halides is 5. The van der Waals surface area contributed by atoms with E-state index in [1.807, 2.05) is 0 Å². The van der Waals surface area contributed by atoms with Gasteiger partial charge in [-0.2, -0.15) is 17.6 Å². The predicted octanol–water partition coefficient (Wildman–Crippen LogP) is 3.65. The Bertz CT molecular complexity index is 752. The van der Waals surface area contributed by atoms with Crippen molar-refractivity contribution in [3.05, 3.63) is 47.2 Å². The van der Waals surface area contributed by atoms with Gasteiger partial charge in [-0.05, 0) is 18.6 Å². The van der Waals surface area contributed by atoms with Crippen LogP contribution in [0.4, 0.5) is 26.3 Å². The van der Waals surface area contributed by atoms with Crippen molar-refractivity contribution in [2.75, 3.05) is 0 Å². The first kappa shape index (κ1) is 15.9. The van der Waals surface area contributed by atoms with Gasteiger partial charge in [0, 0.05) is 23.9 Å². The summed E-state index contributed by atoms with van der Waals surface area (Å²) in [5.74, 6) is -4.75. The van der Waals surface area contributed by atoms with Crippen molar-refractivity contribution in [2.24, 2.45) is 0 Å². The predicted molar refractivity (Wildman–Crippen MR) is 66.8 cm³/mol. The second-order valence-electron chi connectivity index (χ2n) is 5.25. The Kier molecular flexibility index (Phi) is 3.44. The third-order valence-corrected chi connectivity index (χ3v) is 3.77. The summed E-state index contributed by atoms with van der Waals surface area (Å²) in [7, 11) is 0. The molecule has 0 amide bonds. The second-order valence-corrected chi connectivity index (χ2v) is 5.25. The van der Waals surface area contributed by atoms with Gasteiger partial charge in [-0.3, -0.25) is 0 Å². The Morgan fingerprint density at radius 3 is 2.57 bits per heavy atom. The summed E-state index contributed by atoms with van der Waals surface area (Å²) >= 11 is 0. The molecule has 1 N–H and O–H groups in total. The quantitative estimate of drug-likeness (QED) is 0.638. The molecule has 0 saturated heterocycles. The van der Waals surface area contributed by atoms with Gasteiger partial charge in [0.05, 0.1) is 5.56 Å². The fourth-order valence-corrected chi connectivity index (χ4v) is 2.72. The van der Waals surface area contributed by atoms with Crippen LogP contribution in [-0.2, 0) is 12.6 Å². The van der Waals surface area contributed by atoms with Crippen LogP contribution in [0.3, 0.4) is 0 Å². The minimum Gasteiger partial charge on any atom is -0.382 e. The molecule has 3 nitrogen and oxygen atoms in total. The smallest absolute Gasteiger partial charge is 0.382 e. The summed E-state index contributed by atoms with van der Waals surface area (Å²) in [4.78, 5) is 3.47. The Morgan fingerprint density at radius 1 is 1.26 bits per heavy atom. The van der Waals surface area contributed by atoms with E-state index in [2.05, 4.69) is 4.98 Å². The van der Waals surface area contributed by atoms with Gasteiger partial charge < -0.3 is 9.67 Å². The zero-order valence-electron chi connectivity index (χ0n) is 11.4. The number of aliphatic hydroxyl groups is 1. The molecule has 0 saturated carbocycles. The molecule has 9 heteroatoms. The van der Waals surface area contributed by atoms with Crippen LogP contribution >= 0.6 is 0 Å². The topological polar surface area (TPSA) is 38.0 Å². The Labute approximate surface area is 126 Å². The average Bonchev–Trinajstić information content (AvgIpc) is 2.83. The van der Waals surface area contributed by atoms with Crippen LogP contribution in [0.5, 0.6) is 0 Å². The molecule has 2 aromatic rings. The van der Waals surface area contributed by atoms with E-state index in [9.17, 15) is 31.4 Å². The molecule has 0 spiro atoms. The van der Waals surface area contributed by atoms with Crippen molar-refractivity contribution in [3.8, 4) is 5.82 Å². The molecule has 1 unspecified atom stereocenters. The Morgan fingerprint density at radius 2 is 1.96 bits per heavy atom. The minimum absolute atomic E-state index is 0.145. The molecule has 1 atom stereocenters.